The topological polar surface area (TPSA) is 88.6 Å². The van der Waals surface area contributed by atoms with E-state index in [4.69, 9.17) is 4.42 Å². The Labute approximate surface area is 191 Å². The SMILES string of the molecule is O=C1c2ccccc2NC(c2ccc(-c3ccc([N+](=O)[O-])cc3)o2)N1c1ccc(Br)cc1. The lowest BCUT2D eigenvalue weighted by Gasteiger charge is -2.36. The van der Waals surface area contributed by atoms with Crippen molar-refractivity contribution in [2.75, 3.05) is 10.2 Å². The summed E-state index contributed by atoms with van der Waals surface area (Å²) in [5.74, 6) is 0.961. The van der Waals surface area contributed by atoms with E-state index in [1.165, 1.54) is 12.1 Å². The number of halogens is 1. The fraction of sp³-hybridized carbons (Fsp3) is 0.0417. The molecule has 158 valence electrons. The molecule has 3 aromatic carbocycles. The molecule has 0 saturated heterocycles. The predicted octanol–water partition coefficient (Wildman–Crippen LogP) is 6.39. The van der Waals surface area contributed by atoms with E-state index < -0.39 is 11.1 Å². The number of benzene rings is 3. The molecule has 0 radical (unpaired) electrons. The molecule has 0 fully saturated rings. The summed E-state index contributed by atoms with van der Waals surface area (Å²) in [5.41, 5.74) is 2.74. The van der Waals surface area contributed by atoms with Gasteiger partial charge in [-0.3, -0.25) is 19.8 Å². The van der Waals surface area contributed by atoms with Gasteiger partial charge in [0.2, 0.25) is 0 Å². The van der Waals surface area contributed by atoms with Gasteiger partial charge in [-0.15, -0.1) is 0 Å². The highest BCUT2D eigenvalue weighted by atomic mass is 79.9. The molecule has 1 aromatic heterocycles. The molecule has 0 saturated carbocycles. The summed E-state index contributed by atoms with van der Waals surface area (Å²) < 4.78 is 7.02. The Morgan fingerprint density at radius 2 is 1.66 bits per heavy atom. The van der Waals surface area contributed by atoms with Gasteiger partial charge in [-0.25, -0.2) is 0 Å². The van der Waals surface area contributed by atoms with Gasteiger partial charge < -0.3 is 9.73 Å². The third-order valence-corrected chi connectivity index (χ3v) is 5.82. The van der Waals surface area contributed by atoms with Crippen molar-refractivity contribution in [1.29, 1.82) is 0 Å². The van der Waals surface area contributed by atoms with Crippen LogP contribution in [0.2, 0.25) is 0 Å². The van der Waals surface area contributed by atoms with E-state index >= 15 is 0 Å². The molecule has 1 aliphatic heterocycles. The van der Waals surface area contributed by atoms with Crippen LogP contribution in [-0.2, 0) is 0 Å². The Kier molecular flexibility index (Phi) is 4.99. The molecule has 0 bridgehead atoms. The number of carbonyl (C=O) groups excluding carboxylic acids is 1. The summed E-state index contributed by atoms with van der Waals surface area (Å²) in [4.78, 5) is 25.6. The second-order valence-electron chi connectivity index (χ2n) is 7.25. The standard InChI is InChI=1S/C24H16BrN3O4/c25-16-7-11-17(12-8-16)27-23(26-20-4-2-1-3-19(20)24(27)29)22-14-13-21(32-22)15-5-9-18(10-6-15)28(30)31/h1-14,23,26H. The molecule has 1 aliphatic rings. The summed E-state index contributed by atoms with van der Waals surface area (Å²) in [6.07, 6.45) is -0.564. The number of nitro groups is 1. The molecule has 0 aliphatic carbocycles. The van der Waals surface area contributed by atoms with Crippen molar-refractivity contribution in [3.63, 3.8) is 0 Å². The van der Waals surface area contributed by atoms with E-state index in [0.717, 1.165) is 15.8 Å². The molecule has 1 unspecified atom stereocenters. The molecule has 32 heavy (non-hydrogen) atoms. The van der Waals surface area contributed by atoms with Gasteiger partial charge in [-0.2, -0.15) is 0 Å². The zero-order chi connectivity index (χ0) is 22.2. The normalized spacial score (nSPS) is 15.2. The Morgan fingerprint density at radius 1 is 0.938 bits per heavy atom. The minimum Gasteiger partial charge on any atom is -0.457 e. The second-order valence-corrected chi connectivity index (χ2v) is 8.17. The number of hydrogen-bond donors (Lipinski definition) is 1. The van der Waals surface area contributed by atoms with Crippen LogP contribution >= 0.6 is 15.9 Å². The van der Waals surface area contributed by atoms with Gasteiger partial charge in [-0.1, -0.05) is 28.1 Å². The van der Waals surface area contributed by atoms with Gasteiger partial charge >= 0.3 is 0 Å². The first-order chi connectivity index (χ1) is 15.5. The van der Waals surface area contributed by atoms with E-state index in [1.54, 1.807) is 29.2 Å². The van der Waals surface area contributed by atoms with Crippen molar-refractivity contribution in [2.24, 2.45) is 0 Å². The van der Waals surface area contributed by atoms with Crippen molar-refractivity contribution in [1.82, 2.24) is 0 Å². The molecule has 4 aromatic rings. The largest absolute Gasteiger partial charge is 0.457 e. The number of nitro benzene ring substituents is 1. The number of nitrogens with one attached hydrogen (secondary N) is 1. The van der Waals surface area contributed by atoms with Gasteiger partial charge in [0.05, 0.1) is 10.5 Å². The monoisotopic (exact) mass is 489 g/mol. The van der Waals surface area contributed by atoms with Crippen molar-refractivity contribution in [3.8, 4) is 11.3 Å². The highest BCUT2D eigenvalue weighted by molar-refractivity contribution is 9.10. The number of non-ortho nitro benzene ring substituents is 1. The van der Waals surface area contributed by atoms with Crippen LogP contribution in [-0.4, -0.2) is 10.8 Å². The van der Waals surface area contributed by atoms with Gasteiger partial charge in [0, 0.05) is 33.5 Å². The first kappa shape index (κ1) is 20.0. The Balaban J connectivity index is 1.55. The maximum absolute atomic E-state index is 13.4. The van der Waals surface area contributed by atoms with Crippen LogP contribution < -0.4 is 10.2 Å². The average Bonchev–Trinajstić information content (AvgIpc) is 3.30. The summed E-state index contributed by atoms with van der Waals surface area (Å²) in [7, 11) is 0. The summed E-state index contributed by atoms with van der Waals surface area (Å²) in [5, 5.41) is 14.3. The molecule has 5 rings (SSSR count). The quantitative estimate of drug-likeness (QED) is 0.265. The Morgan fingerprint density at radius 3 is 2.38 bits per heavy atom. The summed E-state index contributed by atoms with van der Waals surface area (Å²) in [6, 6.07) is 24.6. The number of amides is 1. The van der Waals surface area contributed by atoms with E-state index in [-0.39, 0.29) is 11.6 Å². The van der Waals surface area contributed by atoms with Crippen LogP contribution in [0, 0.1) is 10.1 Å². The van der Waals surface area contributed by atoms with E-state index in [0.29, 0.717) is 22.6 Å². The van der Waals surface area contributed by atoms with Crippen molar-refractivity contribution < 1.29 is 14.1 Å². The van der Waals surface area contributed by atoms with E-state index in [9.17, 15) is 14.9 Å². The third-order valence-electron chi connectivity index (χ3n) is 5.29. The number of carbonyl (C=O) groups is 1. The molecule has 1 N–H and O–H groups in total. The molecule has 0 spiro atoms. The van der Waals surface area contributed by atoms with E-state index in [2.05, 4.69) is 21.2 Å². The zero-order valence-corrected chi connectivity index (χ0v) is 18.2. The van der Waals surface area contributed by atoms with Crippen molar-refractivity contribution in [2.45, 2.75) is 6.17 Å². The summed E-state index contributed by atoms with van der Waals surface area (Å²) in [6.45, 7) is 0. The Hall–Kier alpha value is -3.91. The van der Waals surface area contributed by atoms with Crippen LogP contribution in [0.25, 0.3) is 11.3 Å². The third kappa shape index (κ3) is 3.54. The molecule has 1 amide bonds. The number of para-hydroxylation sites is 1. The predicted molar refractivity (Wildman–Crippen MR) is 125 cm³/mol. The van der Waals surface area contributed by atoms with Crippen LogP contribution in [0.5, 0.6) is 0 Å². The highest BCUT2D eigenvalue weighted by Crippen LogP contribution is 2.38. The van der Waals surface area contributed by atoms with Crippen LogP contribution in [0.15, 0.2) is 93.8 Å². The van der Waals surface area contributed by atoms with Gasteiger partial charge in [-0.05, 0) is 60.7 Å². The lowest BCUT2D eigenvalue weighted by molar-refractivity contribution is -0.384. The first-order valence-corrected chi connectivity index (χ1v) is 10.6. The Bertz CT molecular complexity index is 1320. The fourth-order valence-electron chi connectivity index (χ4n) is 3.72. The number of furan rings is 1. The molecule has 7 nitrogen and oxygen atoms in total. The molecule has 1 atom stereocenters. The number of nitrogens with zero attached hydrogens (tertiary/aromatic N) is 2. The smallest absolute Gasteiger partial charge is 0.269 e. The van der Waals surface area contributed by atoms with Crippen LogP contribution in [0.4, 0.5) is 17.1 Å². The number of anilines is 2. The summed E-state index contributed by atoms with van der Waals surface area (Å²) >= 11 is 3.43. The fourth-order valence-corrected chi connectivity index (χ4v) is 3.99. The maximum atomic E-state index is 13.4. The lowest BCUT2D eigenvalue weighted by Crippen LogP contribution is -2.43. The number of hydrogen-bond acceptors (Lipinski definition) is 5. The zero-order valence-electron chi connectivity index (χ0n) is 16.6. The molecule has 2 heterocycles. The van der Waals surface area contributed by atoms with Crippen molar-refractivity contribution >= 4 is 38.9 Å². The number of rotatable bonds is 4. The lowest BCUT2D eigenvalue weighted by atomic mass is 10.1. The van der Waals surface area contributed by atoms with Gasteiger partial charge in [0.1, 0.15) is 11.5 Å². The first-order valence-electron chi connectivity index (χ1n) is 9.80. The minimum atomic E-state index is -0.564. The van der Waals surface area contributed by atoms with Crippen molar-refractivity contribution in [3.05, 3.63) is 111 Å². The van der Waals surface area contributed by atoms with Crippen LogP contribution in [0.3, 0.4) is 0 Å². The van der Waals surface area contributed by atoms with Crippen LogP contribution in [0.1, 0.15) is 22.3 Å². The van der Waals surface area contributed by atoms with Gasteiger partial charge in [0.25, 0.3) is 11.6 Å². The average molecular weight is 490 g/mol. The molecular weight excluding hydrogens is 474 g/mol. The minimum absolute atomic E-state index is 0.0121. The maximum Gasteiger partial charge on any atom is 0.269 e. The van der Waals surface area contributed by atoms with E-state index in [1.807, 2.05) is 48.5 Å². The molecular formula is C24H16BrN3O4. The molecule has 8 heteroatoms. The van der Waals surface area contributed by atoms with Gasteiger partial charge in [0.15, 0.2) is 6.17 Å². The number of fused-ring (bicyclic) bond motifs is 1. The highest BCUT2D eigenvalue weighted by Gasteiger charge is 2.35. The second kappa shape index (κ2) is 7.97.